The lowest BCUT2D eigenvalue weighted by Gasteiger charge is -2.19. The monoisotopic (exact) mass is 219 g/mol. The van der Waals surface area contributed by atoms with Crippen LogP contribution in [0.5, 0.6) is 0 Å². The predicted molar refractivity (Wildman–Crippen MR) is 55.0 cm³/mol. The summed E-state index contributed by atoms with van der Waals surface area (Å²) in [5.41, 5.74) is 0. The van der Waals surface area contributed by atoms with Gasteiger partial charge < -0.3 is 0 Å². The second-order valence-electron chi connectivity index (χ2n) is 4.90. The predicted octanol–water partition coefficient (Wildman–Crippen LogP) is 2.19. The Morgan fingerprint density at radius 3 is 2.33 bits per heavy atom. The van der Waals surface area contributed by atoms with E-state index in [1.54, 1.807) is 11.9 Å². The average Bonchev–Trinajstić information content (AvgIpc) is 2.45. The number of ketones is 1. The summed E-state index contributed by atoms with van der Waals surface area (Å²) in [6, 6.07) is -0.319. The fourth-order valence-corrected chi connectivity index (χ4v) is 2.08. The Labute approximate surface area is 89.6 Å². The topological polar surface area (TPSA) is 20.3 Å². The quantitative estimate of drug-likeness (QED) is 0.725. The Hall–Kier alpha value is -0.510. The van der Waals surface area contributed by atoms with E-state index < -0.39 is 11.8 Å². The first-order valence-electron chi connectivity index (χ1n) is 5.35. The van der Waals surface area contributed by atoms with E-state index in [-0.39, 0.29) is 24.2 Å². The van der Waals surface area contributed by atoms with Crippen LogP contribution in [-0.4, -0.2) is 36.2 Å². The fraction of sp³-hybridized carbons (Fsp3) is 0.909. The number of halogens is 2. The molecule has 0 spiro atoms. The van der Waals surface area contributed by atoms with Crippen LogP contribution >= 0.6 is 0 Å². The molecule has 1 rings (SSSR count). The molecule has 2 nitrogen and oxygen atoms in total. The lowest BCUT2D eigenvalue weighted by Crippen LogP contribution is -2.35. The molecular formula is C11H19F2NO. The summed E-state index contributed by atoms with van der Waals surface area (Å²) < 4.78 is 26.2. The van der Waals surface area contributed by atoms with Gasteiger partial charge >= 0.3 is 0 Å². The molecule has 0 N–H and O–H groups in total. The number of rotatable bonds is 3. The van der Waals surface area contributed by atoms with Crippen molar-refractivity contribution in [3.8, 4) is 0 Å². The fourth-order valence-electron chi connectivity index (χ4n) is 2.08. The number of carbonyl (C=O) groups excluding carboxylic acids is 1. The number of hydrogen-bond acceptors (Lipinski definition) is 2. The molecule has 0 aromatic heterocycles. The first-order chi connectivity index (χ1) is 6.73. The maximum atomic E-state index is 13.1. The molecule has 15 heavy (non-hydrogen) atoms. The third-order valence-electron chi connectivity index (χ3n) is 3.16. The van der Waals surface area contributed by atoms with Crippen molar-refractivity contribution in [2.24, 2.45) is 11.8 Å². The molecule has 0 aromatic carbocycles. The molecule has 0 amide bonds. The second-order valence-corrected chi connectivity index (χ2v) is 4.90. The largest absolute Gasteiger partial charge is 0.298 e. The molecule has 1 aliphatic heterocycles. The third-order valence-corrected chi connectivity index (χ3v) is 3.16. The summed E-state index contributed by atoms with van der Waals surface area (Å²) in [5, 5.41) is 0. The van der Waals surface area contributed by atoms with Gasteiger partial charge in [-0.3, -0.25) is 9.69 Å². The van der Waals surface area contributed by atoms with Gasteiger partial charge in [-0.2, -0.15) is 0 Å². The van der Waals surface area contributed by atoms with Gasteiger partial charge in [0, 0.05) is 18.4 Å². The highest BCUT2D eigenvalue weighted by Gasteiger charge is 2.44. The smallest absolute Gasteiger partial charge is 0.249 e. The Morgan fingerprint density at radius 2 is 2.00 bits per heavy atom. The number of alkyl halides is 2. The minimum Gasteiger partial charge on any atom is -0.298 e. The molecule has 1 fully saturated rings. The van der Waals surface area contributed by atoms with E-state index >= 15 is 0 Å². The van der Waals surface area contributed by atoms with Crippen LogP contribution < -0.4 is 0 Å². The molecular weight excluding hydrogens is 200 g/mol. The zero-order valence-corrected chi connectivity index (χ0v) is 9.76. The molecule has 1 saturated heterocycles. The molecule has 2 atom stereocenters. The molecule has 4 heteroatoms. The van der Waals surface area contributed by atoms with Crippen LogP contribution in [0, 0.1) is 11.8 Å². The van der Waals surface area contributed by atoms with Crippen LogP contribution in [0.15, 0.2) is 0 Å². The summed E-state index contributed by atoms with van der Waals surface area (Å²) in [6.45, 7) is 4.88. The summed E-state index contributed by atoms with van der Waals surface area (Å²) in [6.07, 6.45) is 0.289. The second kappa shape index (κ2) is 4.16. The highest BCUT2D eigenvalue weighted by Crippen LogP contribution is 2.35. The van der Waals surface area contributed by atoms with E-state index in [9.17, 15) is 13.6 Å². The van der Waals surface area contributed by atoms with E-state index in [1.807, 2.05) is 13.8 Å². The lowest BCUT2D eigenvalue weighted by atomic mass is 9.94. The van der Waals surface area contributed by atoms with Crippen LogP contribution in [-0.2, 0) is 4.79 Å². The molecule has 0 radical (unpaired) electrons. The SMILES string of the molecule is CC(C)C(=O)C1CC(C(C)(F)F)CN1C. The Kier molecular flexibility index (Phi) is 3.48. The van der Waals surface area contributed by atoms with Gasteiger partial charge in [-0.1, -0.05) is 13.8 Å². The zero-order chi connectivity index (χ0) is 11.8. The van der Waals surface area contributed by atoms with Gasteiger partial charge in [-0.15, -0.1) is 0 Å². The van der Waals surface area contributed by atoms with Crippen LogP contribution in [0.2, 0.25) is 0 Å². The molecule has 0 aliphatic carbocycles. The number of nitrogens with zero attached hydrogens (tertiary/aromatic N) is 1. The van der Waals surface area contributed by atoms with Crippen molar-refractivity contribution in [3.05, 3.63) is 0 Å². The van der Waals surface area contributed by atoms with Crippen molar-refractivity contribution in [3.63, 3.8) is 0 Å². The van der Waals surface area contributed by atoms with E-state index in [2.05, 4.69) is 0 Å². The Bertz CT molecular complexity index is 247. The van der Waals surface area contributed by atoms with Crippen LogP contribution in [0.4, 0.5) is 8.78 Å². The van der Waals surface area contributed by atoms with Crippen molar-refractivity contribution in [2.45, 2.75) is 39.2 Å². The van der Waals surface area contributed by atoms with Crippen LogP contribution in [0.1, 0.15) is 27.2 Å². The Balaban J connectivity index is 2.69. The number of likely N-dealkylation sites (N-methyl/N-ethyl adjacent to an activating group) is 1. The molecule has 0 aromatic rings. The maximum absolute atomic E-state index is 13.1. The maximum Gasteiger partial charge on any atom is 0.249 e. The van der Waals surface area contributed by atoms with Crippen molar-refractivity contribution < 1.29 is 13.6 Å². The van der Waals surface area contributed by atoms with Crippen molar-refractivity contribution in [2.75, 3.05) is 13.6 Å². The molecule has 0 saturated carbocycles. The summed E-state index contributed by atoms with van der Waals surface area (Å²) in [4.78, 5) is 13.5. The summed E-state index contributed by atoms with van der Waals surface area (Å²) in [5.74, 6) is -3.37. The van der Waals surface area contributed by atoms with Gasteiger partial charge in [0.1, 0.15) is 0 Å². The minimum atomic E-state index is -2.68. The molecule has 2 unspecified atom stereocenters. The molecule has 1 heterocycles. The molecule has 0 bridgehead atoms. The van der Waals surface area contributed by atoms with Gasteiger partial charge in [0.2, 0.25) is 5.92 Å². The molecule has 88 valence electrons. The van der Waals surface area contributed by atoms with Crippen LogP contribution in [0.25, 0.3) is 0 Å². The average molecular weight is 219 g/mol. The van der Waals surface area contributed by atoms with Crippen molar-refractivity contribution in [1.82, 2.24) is 4.90 Å². The highest BCUT2D eigenvalue weighted by atomic mass is 19.3. The third kappa shape index (κ3) is 2.74. The standard InChI is InChI=1S/C11H19F2NO/c1-7(2)10(15)9-5-8(6-14(9)4)11(3,12)13/h7-9H,5-6H2,1-4H3. The number of Topliss-reactive ketones (excluding diaryl/α,β-unsaturated/α-hetero) is 1. The number of hydrogen-bond donors (Lipinski definition) is 0. The van der Waals surface area contributed by atoms with E-state index in [4.69, 9.17) is 0 Å². The first-order valence-corrected chi connectivity index (χ1v) is 5.35. The summed E-state index contributed by atoms with van der Waals surface area (Å²) >= 11 is 0. The van der Waals surface area contributed by atoms with E-state index in [0.717, 1.165) is 6.92 Å². The van der Waals surface area contributed by atoms with Gasteiger partial charge in [-0.05, 0) is 20.4 Å². The number of likely N-dealkylation sites (tertiary alicyclic amines) is 1. The summed E-state index contributed by atoms with van der Waals surface area (Å²) in [7, 11) is 1.75. The van der Waals surface area contributed by atoms with E-state index in [0.29, 0.717) is 6.54 Å². The van der Waals surface area contributed by atoms with Crippen molar-refractivity contribution in [1.29, 1.82) is 0 Å². The van der Waals surface area contributed by atoms with Gasteiger partial charge in [0.15, 0.2) is 5.78 Å². The van der Waals surface area contributed by atoms with Gasteiger partial charge in [0.05, 0.1) is 6.04 Å². The van der Waals surface area contributed by atoms with Crippen LogP contribution in [0.3, 0.4) is 0 Å². The minimum absolute atomic E-state index is 0.0734. The van der Waals surface area contributed by atoms with Gasteiger partial charge in [0.25, 0.3) is 0 Å². The van der Waals surface area contributed by atoms with Crippen molar-refractivity contribution >= 4 is 5.78 Å². The molecule has 1 aliphatic rings. The Morgan fingerprint density at radius 1 is 1.47 bits per heavy atom. The first kappa shape index (κ1) is 12.6. The highest BCUT2D eigenvalue weighted by molar-refractivity contribution is 5.86. The number of carbonyl (C=O) groups is 1. The van der Waals surface area contributed by atoms with E-state index in [1.165, 1.54) is 0 Å². The van der Waals surface area contributed by atoms with Gasteiger partial charge in [-0.25, -0.2) is 8.78 Å². The zero-order valence-electron chi connectivity index (χ0n) is 9.76. The lowest BCUT2D eigenvalue weighted by molar-refractivity contribution is -0.125. The normalized spacial score (nSPS) is 28.7.